The number of nitrogens with one attached hydrogen (secondary N) is 1. The average Bonchev–Trinajstić information content (AvgIpc) is 2.44. The smallest absolute Gasteiger partial charge is 0.249 e. The third-order valence-corrected chi connectivity index (χ3v) is 3.69. The number of hydrogen-bond donors (Lipinski definition) is 1. The summed E-state index contributed by atoms with van der Waals surface area (Å²) in [5.74, 6) is 0.379. The molecule has 0 aromatic carbocycles. The standard InChI is InChI=1S/C9H16N2O2S/c1-14(12,13)11-6-8-4-9(5-8)2-3-10-7-9/h6,8,10H,2-5,7H2,1H3/b11-6+. The van der Waals surface area contributed by atoms with Gasteiger partial charge in [-0.15, -0.1) is 0 Å². The van der Waals surface area contributed by atoms with Crippen molar-refractivity contribution < 1.29 is 8.42 Å². The summed E-state index contributed by atoms with van der Waals surface area (Å²) in [7, 11) is -3.18. The lowest BCUT2D eigenvalue weighted by atomic mass is 9.62. The molecule has 80 valence electrons. The highest BCUT2D eigenvalue weighted by atomic mass is 32.2. The number of hydrogen-bond acceptors (Lipinski definition) is 3. The molecule has 2 rings (SSSR count). The molecule has 1 N–H and O–H groups in total. The van der Waals surface area contributed by atoms with E-state index >= 15 is 0 Å². The van der Waals surface area contributed by atoms with Crippen LogP contribution in [0.3, 0.4) is 0 Å². The van der Waals surface area contributed by atoms with Crippen LogP contribution in [0.5, 0.6) is 0 Å². The van der Waals surface area contributed by atoms with Gasteiger partial charge in [-0.05, 0) is 37.1 Å². The van der Waals surface area contributed by atoms with E-state index in [2.05, 4.69) is 9.71 Å². The van der Waals surface area contributed by atoms with Crippen LogP contribution >= 0.6 is 0 Å². The van der Waals surface area contributed by atoms with Gasteiger partial charge in [-0.2, -0.15) is 4.40 Å². The molecule has 1 saturated carbocycles. The summed E-state index contributed by atoms with van der Waals surface area (Å²) in [6, 6.07) is 0. The number of nitrogens with zero attached hydrogens (tertiary/aromatic N) is 1. The van der Waals surface area contributed by atoms with Crippen LogP contribution < -0.4 is 5.32 Å². The van der Waals surface area contributed by atoms with Crippen molar-refractivity contribution in [1.29, 1.82) is 0 Å². The lowest BCUT2D eigenvalue weighted by Gasteiger charge is -2.43. The lowest BCUT2D eigenvalue weighted by molar-refractivity contribution is 0.123. The monoisotopic (exact) mass is 216 g/mol. The fourth-order valence-electron chi connectivity index (χ4n) is 2.50. The van der Waals surface area contributed by atoms with Crippen LogP contribution in [0.1, 0.15) is 19.3 Å². The van der Waals surface area contributed by atoms with Crippen LogP contribution in [0.4, 0.5) is 0 Å². The first kappa shape index (κ1) is 10.1. The molecule has 0 unspecified atom stereocenters. The molecule has 2 fully saturated rings. The third-order valence-electron chi connectivity index (χ3n) is 3.19. The molecular weight excluding hydrogens is 200 g/mol. The molecule has 1 aliphatic carbocycles. The molecule has 0 amide bonds. The molecule has 4 nitrogen and oxygen atoms in total. The van der Waals surface area contributed by atoms with Crippen molar-refractivity contribution in [3.8, 4) is 0 Å². The highest BCUT2D eigenvalue weighted by Gasteiger charge is 2.45. The van der Waals surface area contributed by atoms with Gasteiger partial charge >= 0.3 is 0 Å². The molecule has 14 heavy (non-hydrogen) atoms. The van der Waals surface area contributed by atoms with Crippen molar-refractivity contribution in [2.75, 3.05) is 19.3 Å². The fraction of sp³-hybridized carbons (Fsp3) is 0.889. The second-order valence-corrected chi connectivity index (χ2v) is 6.26. The molecular formula is C9H16N2O2S. The van der Waals surface area contributed by atoms with E-state index in [-0.39, 0.29) is 0 Å². The van der Waals surface area contributed by atoms with E-state index in [9.17, 15) is 8.42 Å². The maximum Gasteiger partial charge on any atom is 0.249 e. The molecule has 0 aromatic heterocycles. The van der Waals surface area contributed by atoms with Crippen molar-refractivity contribution in [3.63, 3.8) is 0 Å². The first-order valence-corrected chi connectivity index (χ1v) is 6.80. The van der Waals surface area contributed by atoms with Gasteiger partial charge in [0.15, 0.2) is 0 Å². The fourth-order valence-corrected chi connectivity index (χ4v) is 2.89. The summed E-state index contributed by atoms with van der Waals surface area (Å²) < 4.78 is 25.1. The molecule has 1 aliphatic heterocycles. The quantitative estimate of drug-likeness (QED) is 0.680. The van der Waals surface area contributed by atoms with Gasteiger partial charge in [0.1, 0.15) is 0 Å². The van der Waals surface area contributed by atoms with Gasteiger partial charge in [-0.1, -0.05) is 0 Å². The largest absolute Gasteiger partial charge is 0.316 e. The second kappa shape index (κ2) is 3.31. The first-order valence-electron chi connectivity index (χ1n) is 4.95. The van der Waals surface area contributed by atoms with Crippen LogP contribution in [-0.2, 0) is 10.0 Å². The van der Waals surface area contributed by atoms with Crippen LogP contribution in [-0.4, -0.2) is 34.0 Å². The average molecular weight is 216 g/mol. The van der Waals surface area contributed by atoms with Gasteiger partial charge in [0.2, 0.25) is 10.0 Å². The molecule has 1 heterocycles. The maximum atomic E-state index is 10.8. The van der Waals surface area contributed by atoms with E-state index in [1.165, 1.54) is 6.42 Å². The minimum absolute atomic E-state index is 0.379. The molecule has 1 spiro atoms. The van der Waals surface area contributed by atoms with Crippen molar-refractivity contribution in [2.45, 2.75) is 19.3 Å². The minimum atomic E-state index is -3.18. The van der Waals surface area contributed by atoms with E-state index in [1.54, 1.807) is 6.21 Å². The van der Waals surface area contributed by atoms with Crippen molar-refractivity contribution >= 4 is 16.2 Å². The Morgan fingerprint density at radius 2 is 2.21 bits per heavy atom. The Hall–Kier alpha value is -0.420. The first-order chi connectivity index (χ1) is 6.49. The van der Waals surface area contributed by atoms with Gasteiger partial charge in [-0.25, -0.2) is 8.42 Å². The number of sulfonamides is 1. The number of rotatable bonds is 2. The zero-order valence-electron chi connectivity index (χ0n) is 8.36. The molecule has 5 heteroatoms. The molecule has 0 bridgehead atoms. The van der Waals surface area contributed by atoms with E-state index < -0.39 is 10.0 Å². The highest BCUT2D eigenvalue weighted by molar-refractivity contribution is 7.89. The van der Waals surface area contributed by atoms with Gasteiger partial charge < -0.3 is 5.32 Å². The summed E-state index contributed by atoms with van der Waals surface area (Å²) in [5, 5.41) is 3.35. The van der Waals surface area contributed by atoms with E-state index in [4.69, 9.17) is 0 Å². The SMILES string of the molecule is CS(=O)(=O)/N=C/C1CC2(CCNC2)C1. The van der Waals surface area contributed by atoms with Gasteiger partial charge in [-0.3, -0.25) is 0 Å². The molecule has 0 radical (unpaired) electrons. The molecule has 1 saturated heterocycles. The normalized spacial score (nSPS) is 37.9. The zero-order chi connectivity index (χ0) is 10.2. The maximum absolute atomic E-state index is 10.8. The molecule has 2 aliphatic rings. The Labute approximate surface area is 84.9 Å². The van der Waals surface area contributed by atoms with Crippen molar-refractivity contribution in [2.24, 2.45) is 15.7 Å². The Balaban J connectivity index is 1.86. The Morgan fingerprint density at radius 3 is 2.71 bits per heavy atom. The minimum Gasteiger partial charge on any atom is -0.316 e. The Kier molecular flexibility index (Phi) is 2.39. The topological polar surface area (TPSA) is 58.5 Å². The predicted octanol–water partition coefficient (Wildman–Crippen LogP) is 0.407. The zero-order valence-corrected chi connectivity index (χ0v) is 9.18. The van der Waals surface area contributed by atoms with Crippen LogP contribution in [0, 0.1) is 11.3 Å². The summed E-state index contributed by atoms with van der Waals surface area (Å²) in [4.78, 5) is 0. The van der Waals surface area contributed by atoms with Crippen molar-refractivity contribution in [3.05, 3.63) is 0 Å². The van der Waals surface area contributed by atoms with E-state index in [0.717, 1.165) is 32.2 Å². The van der Waals surface area contributed by atoms with Crippen molar-refractivity contribution in [1.82, 2.24) is 5.32 Å². The van der Waals surface area contributed by atoms with E-state index in [0.29, 0.717) is 11.3 Å². The van der Waals surface area contributed by atoms with Gasteiger partial charge in [0, 0.05) is 12.8 Å². The third kappa shape index (κ3) is 2.15. The Morgan fingerprint density at radius 1 is 1.50 bits per heavy atom. The second-order valence-electron chi connectivity index (χ2n) is 4.58. The Bertz CT molecular complexity index is 334. The van der Waals surface area contributed by atoms with Crippen LogP contribution in [0.15, 0.2) is 4.40 Å². The van der Waals surface area contributed by atoms with Gasteiger partial charge in [0.25, 0.3) is 0 Å². The summed E-state index contributed by atoms with van der Waals surface area (Å²) in [6.45, 7) is 2.20. The molecule has 0 aromatic rings. The summed E-state index contributed by atoms with van der Waals surface area (Å²) >= 11 is 0. The van der Waals surface area contributed by atoms with Crippen LogP contribution in [0.2, 0.25) is 0 Å². The van der Waals surface area contributed by atoms with Crippen LogP contribution in [0.25, 0.3) is 0 Å². The summed E-state index contributed by atoms with van der Waals surface area (Å²) in [5.41, 5.74) is 0.466. The lowest BCUT2D eigenvalue weighted by Crippen LogP contribution is -2.39. The van der Waals surface area contributed by atoms with Gasteiger partial charge in [0.05, 0.1) is 6.26 Å². The molecule has 0 atom stereocenters. The summed E-state index contributed by atoms with van der Waals surface area (Å²) in [6.07, 6.45) is 6.17. The van der Waals surface area contributed by atoms with E-state index in [1.807, 2.05) is 0 Å². The predicted molar refractivity (Wildman–Crippen MR) is 56.0 cm³/mol. The highest BCUT2D eigenvalue weighted by Crippen LogP contribution is 2.48.